The first kappa shape index (κ1) is 47.1. The van der Waals surface area contributed by atoms with Gasteiger partial charge in [-0.1, -0.05) is 20.8 Å². The highest BCUT2D eigenvalue weighted by atomic mass is 16.5. The maximum Gasteiger partial charge on any atom is 0.326 e. The molecule has 3 atom stereocenters. The Labute approximate surface area is 298 Å². The monoisotopic (exact) mass is 734 g/mol. The van der Waals surface area contributed by atoms with Crippen molar-refractivity contribution < 1.29 is 62.7 Å². The molecule has 0 heterocycles. The molecule has 0 aliphatic carbocycles. The second-order valence-electron chi connectivity index (χ2n) is 12.3. The number of carbonyl (C=O) groups is 7. The third kappa shape index (κ3) is 24.8. The fourth-order valence-corrected chi connectivity index (χ4v) is 4.45. The zero-order valence-electron chi connectivity index (χ0n) is 30.2. The molecule has 0 aromatic carbocycles. The summed E-state index contributed by atoms with van der Waals surface area (Å²) in [5.41, 5.74) is 4.13. The number of aliphatic carboxylic acids is 2. The summed E-state index contributed by atoms with van der Waals surface area (Å²) in [5, 5.41) is 31.7. The van der Waals surface area contributed by atoms with Crippen molar-refractivity contribution in [2.24, 2.45) is 17.1 Å². The minimum absolute atomic E-state index is 0.0155. The molecule has 0 rings (SSSR count). The highest BCUT2D eigenvalue weighted by molar-refractivity contribution is 5.88. The van der Waals surface area contributed by atoms with Crippen LogP contribution in [-0.2, 0) is 52.5 Å². The predicted octanol–water partition coefficient (Wildman–Crippen LogP) is -1.87. The van der Waals surface area contributed by atoms with Crippen LogP contribution in [0.1, 0.15) is 59.3 Å². The van der Waals surface area contributed by atoms with Crippen molar-refractivity contribution in [2.75, 3.05) is 79.5 Å². The van der Waals surface area contributed by atoms with E-state index in [9.17, 15) is 38.7 Å². The lowest BCUT2D eigenvalue weighted by Crippen LogP contribution is -2.47. The first-order chi connectivity index (χ1) is 24.1. The van der Waals surface area contributed by atoms with Crippen LogP contribution >= 0.6 is 0 Å². The van der Waals surface area contributed by atoms with Crippen LogP contribution in [0.25, 0.3) is 0 Å². The summed E-state index contributed by atoms with van der Waals surface area (Å²) >= 11 is 0. The van der Waals surface area contributed by atoms with Gasteiger partial charge >= 0.3 is 11.9 Å². The smallest absolute Gasteiger partial charge is 0.326 e. The Morgan fingerprint density at radius 3 is 1.67 bits per heavy atom. The summed E-state index contributed by atoms with van der Waals surface area (Å²) in [7, 11) is 1.67. The maximum absolute atomic E-state index is 12.6. The predicted molar refractivity (Wildman–Crippen MR) is 182 cm³/mol. The highest BCUT2D eigenvalue weighted by Crippen LogP contribution is 2.26. The van der Waals surface area contributed by atoms with Gasteiger partial charge in [0.1, 0.15) is 19.3 Å². The largest absolute Gasteiger partial charge is 0.481 e. The Kier molecular flexibility index (Phi) is 25.6. The Bertz CT molecular complexity index is 1090. The second kappa shape index (κ2) is 27.8. The highest BCUT2D eigenvalue weighted by Gasteiger charge is 2.34. The van der Waals surface area contributed by atoms with Crippen molar-refractivity contribution in [1.82, 2.24) is 26.6 Å². The zero-order valence-corrected chi connectivity index (χ0v) is 30.2. The van der Waals surface area contributed by atoms with E-state index >= 15 is 0 Å². The van der Waals surface area contributed by atoms with Gasteiger partial charge in [-0.25, -0.2) is 4.79 Å². The molecule has 51 heavy (non-hydrogen) atoms. The first-order valence-corrected chi connectivity index (χ1v) is 16.9. The third-order valence-corrected chi connectivity index (χ3v) is 7.40. The Hall–Kier alpha value is -3.91. The number of hydrogen-bond acceptors (Lipinski definition) is 12. The third-order valence-electron chi connectivity index (χ3n) is 7.40. The van der Waals surface area contributed by atoms with Gasteiger partial charge < -0.3 is 61.5 Å². The minimum atomic E-state index is -1.32. The number of amides is 5. The standard InChI is InChI=1S/C32H58N6O13/c1-22(29(43)44)19-32(2,3)31(47)38-24(30(45)46)8-9-25(39)36-11-13-48-15-18-51-21-27(41)37-12-14-49-16-17-50-20-26(40)35-10-6-5-7-23(34-4)28(33)42/h22-24,34H,5-21H2,1-4H3,(H2,33,42)(H,35,40)(H,36,39)(H,37,41)(H,38,47)(H,43,44)(H,45,46). The van der Waals surface area contributed by atoms with Crippen LogP contribution < -0.4 is 32.3 Å². The normalized spacial score (nSPS) is 13.0. The molecule has 5 amide bonds. The van der Waals surface area contributed by atoms with Gasteiger partial charge in [-0.3, -0.25) is 28.8 Å². The van der Waals surface area contributed by atoms with Crippen molar-refractivity contribution in [3.8, 4) is 0 Å². The number of ether oxygens (including phenoxy) is 4. The van der Waals surface area contributed by atoms with Gasteiger partial charge in [-0.2, -0.15) is 0 Å². The SMILES string of the molecule is CNC(CCCCNC(=O)COCCOCCNC(=O)COCCOCCNC(=O)CCC(NC(=O)C(C)(C)CC(C)C(=O)O)C(=O)O)C(N)=O. The Balaban J connectivity index is 3.80. The molecule has 0 fully saturated rings. The molecule has 3 unspecified atom stereocenters. The van der Waals surface area contributed by atoms with E-state index in [2.05, 4.69) is 26.6 Å². The number of nitrogens with one attached hydrogen (secondary N) is 5. The average Bonchev–Trinajstić information content (AvgIpc) is 3.06. The van der Waals surface area contributed by atoms with E-state index in [-0.39, 0.29) is 103 Å². The number of hydrogen-bond donors (Lipinski definition) is 8. The lowest BCUT2D eigenvalue weighted by atomic mass is 9.82. The number of primary amides is 1. The molecule has 0 aliphatic rings. The van der Waals surface area contributed by atoms with Gasteiger partial charge in [0, 0.05) is 31.5 Å². The van der Waals surface area contributed by atoms with E-state index < -0.39 is 47.0 Å². The average molecular weight is 735 g/mol. The summed E-state index contributed by atoms with van der Waals surface area (Å²) in [4.78, 5) is 82.2. The summed E-state index contributed by atoms with van der Waals surface area (Å²) in [6.07, 6.45) is 1.73. The zero-order chi connectivity index (χ0) is 38.7. The number of unbranched alkanes of at least 4 members (excludes halogenated alkanes) is 1. The van der Waals surface area contributed by atoms with Crippen LogP contribution in [0.5, 0.6) is 0 Å². The lowest BCUT2D eigenvalue weighted by Gasteiger charge is -2.27. The van der Waals surface area contributed by atoms with Crippen molar-refractivity contribution in [3.05, 3.63) is 0 Å². The van der Waals surface area contributed by atoms with E-state index in [0.29, 0.717) is 19.4 Å². The fraction of sp³-hybridized carbons (Fsp3) is 0.781. The summed E-state index contributed by atoms with van der Waals surface area (Å²) < 4.78 is 21.2. The molecular formula is C32H58N6O13. The van der Waals surface area contributed by atoms with Crippen molar-refractivity contribution in [3.63, 3.8) is 0 Å². The number of carbonyl (C=O) groups excluding carboxylic acids is 5. The van der Waals surface area contributed by atoms with Crippen LogP contribution in [0.4, 0.5) is 0 Å². The van der Waals surface area contributed by atoms with Crippen LogP contribution in [0, 0.1) is 11.3 Å². The van der Waals surface area contributed by atoms with Crippen molar-refractivity contribution in [1.29, 1.82) is 0 Å². The topological polar surface area (TPSA) is 283 Å². The van der Waals surface area contributed by atoms with Gasteiger partial charge in [0.2, 0.25) is 29.5 Å². The molecular weight excluding hydrogens is 676 g/mol. The van der Waals surface area contributed by atoms with Crippen LogP contribution in [0.15, 0.2) is 0 Å². The van der Waals surface area contributed by atoms with Gasteiger partial charge in [-0.05, 0) is 39.2 Å². The van der Waals surface area contributed by atoms with Crippen molar-refractivity contribution in [2.45, 2.75) is 71.4 Å². The van der Waals surface area contributed by atoms with E-state index in [4.69, 9.17) is 29.8 Å². The van der Waals surface area contributed by atoms with E-state index in [1.54, 1.807) is 7.05 Å². The van der Waals surface area contributed by atoms with E-state index in [1.165, 1.54) is 20.8 Å². The quantitative estimate of drug-likeness (QED) is 0.0352. The lowest BCUT2D eigenvalue weighted by molar-refractivity contribution is -0.146. The number of carboxylic acid groups (broad SMARTS) is 2. The van der Waals surface area contributed by atoms with Crippen LogP contribution in [0.2, 0.25) is 0 Å². The maximum atomic E-state index is 12.6. The van der Waals surface area contributed by atoms with E-state index in [0.717, 1.165) is 6.42 Å². The number of likely N-dealkylation sites (N-methyl/N-ethyl adjacent to an activating group) is 1. The van der Waals surface area contributed by atoms with Gasteiger partial charge in [0.05, 0.1) is 51.6 Å². The summed E-state index contributed by atoms with van der Waals surface area (Å²) in [6, 6.07) is -1.69. The summed E-state index contributed by atoms with van der Waals surface area (Å²) in [6.45, 7) is 6.25. The number of rotatable bonds is 32. The second-order valence-corrected chi connectivity index (χ2v) is 12.3. The van der Waals surface area contributed by atoms with Gasteiger partial charge in [-0.15, -0.1) is 0 Å². The minimum Gasteiger partial charge on any atom is -0.481 e. The first-order valence-electron chi connectivity index (χ1n) is 16.9. The molecule has 19 nitrogen and oxygen atoms in total. The Morgan fingerprint density at radius 2 is 1.18 bits per heavy atom. The molecule has 0 bridgehead atoms. The molecule has 0 radical (unpaired) electrons. The Morgan fingerprint density at radius 1 is 0.667 bits per heavy atom. The molecule has 0 aromatic rings. The van der Waals surface area contributed by atoms with Crippen molar-refractivity contribution >= 4 is 41.5 Å². The number of carboxylic acids is 2. The molecule has 0 saturated carbocycles. The summed E-state index contributed by atoms with van der Waals surface area (Å²) in [5.74, 6) is -5.22. The number of nitrogens with two attached hydrogens (primary N) is 1. The molecule has 0 spiro atoms. The van der Waals surface area contributed by atoms with E-state index in [1.807, 2.05) is 0 Å². The molecule has 0 saturated heterocycles. The van der Waals surface area contributed by atoms with Crippen LogP contribution in [0.3, 0.4) is 0 Å². The molecule has 294 valence electrons. The molecule has 0 aliphatic heterocycles. The molecule has 19 heteroatoms. The van der Waals surface area contributed by atoms with Gasteiger partial charge in [0.25, 0.3) is 0 Å². The van der Waals surface area contributed by atoms with Gasteiger partial charge in [0.15, 0.2) is 0 Å². The molecule has 9 N–H and O–H groups in total. The van der Waals surface area contributed by atoms with Crippen LogP contribution in [-0.4, -0.2) is 143 Å². The fourth-order valence-electron chi connectivity index (χ4n) is 4.45. The molecule has 0 aromatic heterocycles.